The molecule has 4 rings (SSSR count). The van der Waals surface area contributed by atoms with Crippen molar-refractivity contribution in [2.24, 2.45) is 7.05 Å². The second-order valence-electron chi connectivity index (χ2n) is 9.98. The van der Waals surface area contributed by atoms with Gasteiger partial charge in [0.1, 0.15) is 17.9 Å². The van der Waals surface area contributed by atoms with Gasteiger partial charge in [-0.15, -0.1) is 0 Å². The molecular formula is C25H32N4O4Si. The fourth-order valence-electron chi connectivity index (χ4n) is 3.35. The molecule has 0 radical (unpaired) electrons. The molecule has 0 saturated heterocycles. The molecule has 0 atom stereocenters. The fourth-order valence-corrected chi connectivity index (χ4v) is 4.37. The molecule has 0 bridgehead atoms. The molecule has 4 aromatic rings. The summed E-state index contributed by atoms with van der Waals surface area (Å²) >= 11 is 0. The smallest absolute Gasteiger partial charge is 0.302 e. The largest absolute Gasteiger partial charge is 0.491 e. The molecule has 1 N–H and O–H groups in total. The number of Topliss-reactive ketones (excluding diaryl/α,β-unsaturated/α-hetero) is 1. The molecule has 2 heterocycles. The van der Waals surface area contributed by atoms with Crippen LogP contribution < -0.4 is 10.1 Å². The van der Waals surface area contributed by atoms with E-state index in [9.17, 15) is 4.79 Å². The van der Waals surface area contributed by atoms with Gasteiger partial charge >= 0.3 is 6.01 Å². The van der Waals surface area contributed by atoms with E-state index < -0.39 is 8.32 Å². The number of hydrogen-bond donors (Lipinski definition) is 1. The maximum absolute atomic E-state index is 11.7. The Morgan fingerprint density at radius 2 is 1.85 bits per heavy atom. The van der Waals surface area contributed by atoms with Gasteiger partial charge in [0.15, 0.2) is 19.7 Å². The molecule has 8 nitrogen and oxygen atoms in total. The van der Waals surface area contributed by atoms with Crippen LogP contribution in [-0.4, -0.2) is 41.8 Å². The van der Waals surface area contributed by atoms with E-state index in [0.29, 0.717) is 47.6 Å². The molecule has 0 spiro atoms. The highest BCUT2D eigenvalue weighted by molar-refractivity contribution is 6.74. The van der Waals surface area contributed by atoms with Gasteiger partial charge in [0.2, 0.25) is 5.95 Å². The highest BCUT2D eigenvalue weighted by atomic mass is 28.4. The Balaban J connectivity index is 1.44. The van der Waals surface area contributed by atoms with E-state index in [2.05, 4.69) is 49.1 Å². The van der Waals surface area contributed by atoms with Crippen LogP contribution >= 0.6 is 0 Å². The predicted octanol–water partition coefficient (Wildman–Crippen LogP) is 6.06. The number of nitrogens with zero attached hydrogens (tertiary/aromatic N) is 3. The Morgan fingerprint density at radius 1 is 1.09 bits per heavy atom. The number of aryl methyl sites for hydroxylation is 1. The third-order valence-electron chi connectivity index (χ3n) is 6.49. The average molecular weight is 481 g/mol. The quantitative estimate of drug-likeness (QED) is 0.186. The number of carbonyl (C=O) groups is 1. The minimum atomic E-state index is -1.79. The monoisotopic (exact) mass is 480 g/mol. The Morgan fingerprint density at radius 3 is 2.56 bits per heavy atom. The number of fused-ring (bicyclic) bond motifs is 2. The molecule has 0 unspecified atom stereocenters. The predicted molar refractivity (Wildman–Crippen MR) is 137 cm³/mol. The van der Waals surface area contributed by atoms with E-state index >= 15 is 0 Å². The fraction of sp³-hybridized carbons (Fsp3) is 0.400. The second-order valence-corrected chi connectivity index (χ2v) is 14.8. The van der Waals surface area contributed by atoms with Gasteiger partial charge in [-0.05, 0) is 55.4 Å². The maximum Gasteiger partial charge on any atom is 0.302 e. The topological polar surface area (TPSA) is 91.4 Å². The van der Waals surface area contributed by atoms with Gasteiger partial charge < -0.3 is 18.1 Å². The van der Waals surface area contributed by atoms with Gasteiger partial charge in [-0.2, -0.15) is 4.98 Å². The van der Waals surface area contributed by atoms with Crippen LogP contribution in [0.5, 0.6) is 5.75 Å². The van der Waals surface area contributed by atoms with E-state index in [1.54, 1.807) is 19.1 Å². The number of benzene rings is 2. The first-order valence-electron chi connectivity index (χ1n) is 11.4. The number of oxazole rings is 1. The number of imidazole rings is 1. The van der Waals surface area contributed by atoms with Gasteiger partial charge in [-0.1, -0.05) is 20.8 Å². The number of hydrogen-bond acceptors (Lipinski definition) is 7. The van der Waals surface area contributed by atoms with E-state index in [0.717, 1.165) is 11.0 Å². The first-order valence-corrected chi connectivity index (χ1v) is 14.3. The lowest BCUT2D eigenvalue weighted by Crippen LogP contribution is -2.41. The van der Waals surface area contributed by atoms with Crippen molar-refractivity contribution >= 4 is 48.2 Å². The summed E-state index contributed by atoms with van der Waals surface area (Å²) in [5, 5.41) is 3.31. The minimum absolute atomic E-state index is 0.00518. The van der Waals surface area contributed by atoms with Crippen LogP contribution in [0.1, 0.15) is 38.1 Å². The lowest BCUT2D eigenvalue weighted by Gasteiger charge is -2.36. The summed E-state index contributed by atoms with van der Waals surface area (Å²) in [6.45, 7) is 13.7. The van der Waals surface area contributed by atoms with Gasteiger partial charge in [0.25, 0.3) is 0 Å². The summed E-state index contributed by atoms with van der Waals surface area (Å²) in [7, 11) is 0.106. The summed E-state index contributed by atoms with van der Waals surface area (Å²) in [6, 6.07) is 11.4. The first-order chi connectivity index (χ1) is 15.9. The molecule has 0 amide bonds. The maximum atomic E-state index is 11.7. The van der Waals surface area contributed by atoms with Crippen LogP contribution in [0.3, 0.4) is 0 Å². The summed E-state index contributed by atoms with van der Waals surface area (Å²) in [4.78, 5) is 20.8. The zero-order chi connectivity index (χ0) is 24.7. The van der Waals surface area contributed by atoms with Crippen molar-refractivity contribution < 1.29 is 18.4 Å². The molecule has 0 saturated carbocycles. The SMILES string of the molecule is CC(=O)c1ccc2c(c1)nc(Nc1nc3ccc(OCCO[Si](C)(C)C(C)(C)C)cc3o1)n2C. The third-order valence-corrected chi connectivity index (χ3v) is 11.0. The third kappa shape index (κ3) is 4.85. The molecule has 0 aliphatic carbocycles. The molecule has 2 aromatic carbocycles. The Kier molecular flexibility index (Phi) is 6.26. The van der Waals surface area contributed by atoms with E-state index in [4.69, 9.17) is 13.6 Å². The van der Waals surface area contributed by atoms with E-state index in [1.807, 2.05) is 35.9 Å². The Labute approximate surface area is 200 Å². The zero-order valence-electron chi connectivity index (χ0n) is 20.9. The molecule has 2 aromatic heterocycles. The highest BCUT2D eigenvalue weighted by Crippen LogP contribution is 2.36. The van der Waals surface area contributed by atoms with Crippen molar-refractivity contribution in [3.63, 3.8) is 0 Å². The molecule has 0 fully saturated rings. The van der Waals surface area contributed by atoms with Crippen LogP contribution in [0.25, 0.3) is 22.1 Å². The lowest BCUT2D eigenvalue weighted by molar-refractivity contribution is 0.101. The zero-order valence-corrected chi connectivity index (χ0v) is 21.9. The number of ketones is 1. The van der Waals surface area contributed by atoms with Crippen molar-refractivity contribution in [1.82, 2.24) is 14.5 Å². The Hall–Kier alpha value is -3.17. The Bertz CT molecular complexity index is 1350. The van der Waals surface area contributed by atoms with Crippen LogP contribution in [-0.2, 0) is 11.5 Å². The van der Waals surface area contributed by atoms with Gasteiger partial charge in [-0.3, -0.25) is 10.1 Å². The highest BCUT2D eigenvalue weighted by Gasteiger charge is 2.36. The second kappa shape index (κ2) is 8.88. The molecule has 180 valence electrons. The van der Waals surface area contributed by atoms with Crippen LogP contribution in [0.15, 0.2) is 40.8 Å². The molecule has 0 aliphatic heterocycles. The van der Waals surface area contributed by atoms with Crippen LogP contribution in [0.2, 0.25) is 18.1 Å². The number of aromatic nitrogens is 3. The normalized spacial score (nSPS) is 12.4. The van der Waals surface area contributed by atoms with E-state index in [-0.39, 0.29) is 10.8 Å². The summed E-state index contributed by atoms with van der Waals surface area (Å²) < 4.78 is 19.8. The van der Waals surface area contributed by atoms with Crippen molar-refractivity contribution in [2.75, 3.05) is 18.5 Å². The lowest BCUT2D eigenvalue weighted by atomic mass is 10.1. The van der Waals surface area contributed by atoms with Gasteiger partial charge in [0, 0.05) is 18.7 Å². The molecular weight excluding hydrogens is 448 g/mol. The summed E-state index contributed by atoms with van der Waals surface area (Å²) in [5.74, 6) is 1.28. The standard InChI is InChI=1S/C25H32N4O4Si/c1-16(30)17-8-11-21-20(14-17)26-23(29(21)5)28-24-27-19-10-9-18(15-22(19)33-24)31-12-13-32-34(6,7)25(2,3)4/h8-11,14-15H,12-13H2,1-7H3,(H,26,27,28). The van der Waals surface area contributed by atoms with Crippen molar-refractivity contribution in [2.45, 2.75) is 45.8 Å². The molecule has 34 heavy (non-hydrogen) atoms. The minimum Gasteiger partial charge on any atom is -0.491 e. The van der Waals surface area contributed by atoms with Gasteiger partial charge in [0.05, 0.1) is 17.6 Å². The van der Waals surface area contributed by atoms with Crippen molar-refractivity contribution in [3.05, 3.63) is 42.0 Å². The van der Waals surface area contributed by atoms with Crippen molar-refractivity contribution in [1.29, 1.82) is 0 Å². The number of ether oxygens (including phenoxy) is 1. The number of nitrogens with one attached hydrogen (secondary N) is 1. The van der Waals surface area contributed by atoms with Crippen LogP contribution in [0.4, 0.5) is 12.0 Å². The number of carbonyl (C=O) groups excluding carboxylic acids is 1. The summed E-state index contributed by atoms with van der Waals surface area (Å²) in [6.07, 6.45) is 0. The van der Waals surface area contributed by atoms with Gasteiger partial charge in [-0.25, -0.2) is 4.98 Å². The molecule has 9 heteroatoms. The van der Waals surface area contributed by atoms with Crippen LogP contribution in [0, 0.1) is 0 Å². The van der Waals surface area contributed by atoms with E-state index in [1.165, 1.54) is 0 Å². The summed E-state index contributed by atoms with van der Waals surface area (Å²) in [5.41, 5.74) is 3.58. The number of anilines is 2. The average Bonchev–Trinajstić information content (AvgIpc) is 3.30. The molecule has 0 aliphatic rings. The number of rotatable bonds is 8. The van der Waals surface area contributed by atoms with Crippen molar-refractivity contribution in [3.8, 4) is 5.75 Å². The first kappa shape index (κ1) is 24.0.